The number of carboxylic acid groups (broad SMARTS) is 1. The third-order valence-electron chi connectivity index (χ3n) is 7.36. The van der Waals surface area contributed by atoms with Crippen molar-refractivity contribution in [3.8, 4) is 0 Å². The SMILES string of the molecule is CC/C=C\C/C=C\C/C=C\C(CCCCCCC(=O)O)OC(=O)CCCCCCCCCCCCCCCCC. The van der Waals surface area contributed by atoms with Crippen LogP contribution < -0.4 is 0 Å². The zero-order valence-corrected chi connectivity index (χ0v) is 26.4. The number of allylic oxidation sites excluding steroid dienone is 5. The number of ether oxygens (including phenoxy) is 1. The van der Waals surface area contributed by atoms with E-state index < -0.39 is 5.97 Å². The summed E-state index contributed by atoms with van der Waals surface area (Å²) in [7, 11) is 0. The first kappa shape index (κ1) is 38.2. The van der Waals surface area contributed by atoms with Crippen molar-refractivity contribution in [3.63, 3.8) is 0 Å². The van der Waals surface area contributed by atoms with E-state index in [2.05, 4.69) is 44.2 Å². The molecule has 0 bridgehead atoms. The Hall–Kier alpha value is -1.84. The van der Waals surface area contributed by atoms with Gasteiger partial charge in [0.05, 0.1) is 0 Å². The summed E-state index contributed by atoms with van der Waals surface area (Å²) >= 11 is 0. The van der Waals surface area contributed by atoms with Crippen molar-refractivity contribution in [2.24, 2.45) is 0 Å². The van der Waals surface area contributed by atoms with Crippen molar-refractivity contribution in [1.29, 1.82) is 0 Å². The molecular weight excluding hydrogens is 496 g/mol. The fraction of sp³-hybridized carbons (Fsp3) is 0.778. The van der Waals surface area contributed by atoms with Gasteiger partial charge in [-0.3, -0.25) is 9.59 Å². The molecular formula is C36H64O4. The van der Waals surface area contributed by atoms with Crippen LogP contribution in [0.4, 0.5) is 0 Å². The van der Waals surface area contributed by atoms with Crippen LogP contribution in [-0.2, 0) is 14.3 Å². The van der Waals surface area contributed by atoms with Crippen molar-refractivity contribution >= 4 is 11.9 Å². The van der Waals surface area contributed by atoms with E-state index in [1.54, 1.807) is 0 Å². The second-order valence-electron chi connectivity index (χ2n) is 11.3. The summed E-state index contributed by atoms with van der Waals surface area (Å²) in [5, 5.41) is 8.79. The molecule has 0 rings (SSSR count). The van der Waals surface area contributed by atoms with Gasteiger partial charge in [-0.2, -0.15) is 0 Å². The molecule has 0 aromatic rings. The van der Waals surface area contributed by atoms with Crippen molar-refractivity contribution in [2.45, 2.75) is 180 Å². The highest BCUT2D eigenvalue weighted by Gasteiger charge is 2.11. The lowest BCUT2D eigenvalue weighted by Crippen LogP contribution is -2.16. The first-order valence-electron chi connectivity index (χ1n) is 17.0. The van der Waals surface area contributed by atoms with Gasteiger partial charge in [-0.15, -0.1) is 0 Å². The Morgan fingerprint density at radius 3 is 1.55 bits per heavy atom. The molecule has 0 aliphatic heterocycles. The largest absolute Gasteiger partial charge is 0.481 e. The van der Waals surface area contributed by atoms with Crippen molar-refractivity contribution < 1.29 is 19.4 Å². The van der Waals surface area contributed by atoms with Gasteiger partial charge in [0.25, 0.3) is 0 Å². The van der Waals surface area contributed by atoms with E-state index in [4.69, 9.17) is 9.84 Å². The summed E-state index contributed by atoms with van der Waals surface area (Å²) < 4.78 is 5.82. The Morgan fingerprint density at radius 1 is 0.575 bits per heavy atom. The molecule has 0 aliphatic rings. The predicted octanol–water partition coefficient (Wildman–Crippen LogP) is 11.4. The Bertz CT molecular complexity index is 649. The summed E-state index contributed by atoms with van der Waals surface area (Å²) in [5.74, 6) is -0.817. The van der Waals surface area contributed by atoms with Crippen LogP contribution in [0.15, 0.2) is 36.5 Å². The molecule has 232 valence electrons. The van der Waals surface area contributed by atoms with Gasteiger partial charge >= 0.3 is 11.9 Å². The molecule has 0 amide bonds. The van der Waals surface area contributed by atoms with Gasteiger partial charge in [-0.05, 0) is 51.0 Å². The van der Waals surface area contributed by atoms with Crippen LogP contribution in [0.5, 0.6) is 0 Å². The molecule has 1 atom stereocenters. The van der Waals surface area contributed by atoms with E-state index in [9.17, 15) is 9.59 Å². The van der Waals surface area contributed by atoms with Gasteiger partial charge in [-0.1, -0.05) is 147 Å². The van der Waals surface area contributed by atoms with Gasteiger partial charge in [0.15, 0.2) is 0 Å². The molecule has 1 N–H and O–H groups in total. The van der Waals surface area contributed by atoms with E-state index in [0.717, 1.165) is 57.8 Å². The minimum absolute atomic E-state index is 0.0875. The van der Waals surface area contributed by atoms with Crippen LogP contribution >= 0.6 is 0 Å². The van der Waals surface area contributed by atoms with Gasteiger partial charge in [0, 0.05) is 12.8 Å². The summed E-state index contributed by atoms with van der Waals surface area (Å²) in [5.41, 5.74) is 0. The van der Waals surface area contributed by atoms with Gasteiger partial charge < -0.3 is 9.84 Å². The second kappa shape index (κ2) is 31.7. The van der Waals surface area contributed by atoms with Crippen molar-refractivity contribution in [2.75, 3.05) is 0 Å². The lowest BCUT2D eigenvalue weighted by atomic mass is 10.0. The summed E-state index contributed by atoms with van der Waals surface area (Å²) in [6.45, 7) is 4.41. The maximum atomic E-state index is 12.5. The minimum atomic E-state index is -0.730. The van der Waals surface area contributed by atoms with Crippen LogP contribution in [0, 0.1) is 0 Å². The second-order valence-corrected chi connectivity index (χ2v) is 11.3. The molecule has 0 fully saturated rings. The van der Waals surface area contributed by atoms with Gasteiger partial charge in [0.2, 0.25) is 0 Å². The van der Waals surface area contributed by atoms with Gasteiger partial charge in [-0.25, -0.2) is 0 Å². The molecule has 0 saturated heterocycles. The number of carboxylic acids is 1. The Kier molecular flexibility index (Phi) is 30.2. The van der Waals surface area contributed by atoms with Crippen LogP contribution in [-0.4, -0.2) is 23.1 Å². The summed E-state index contributed by atoms with van der Waals surface area (Å²) in [4.78, 5) is 23.2. The van der Waals surface area contributed by atoms with Crippen LogP contribution in [0.25, 0.3) is 0 Å². The average Bonchev–Trinajstić information content (AvgIpc) is 2.93. The molecule has 0 spiro atoms. The highest BCUT2D eigenvalue weighted by atomic mass is 16.5. The first-order valence-corrected chi connectivity index (χ1v) is 17.0. The fourth-order valence-corrected chi connectivity index (χ4v) is 4.88. The highest BCUT2D eigenvalue weighted by molar-refractivity contribution is 5.69. The maximum Gasteiger partial charge on any atom is 0.306 e. The number of carbonyl (C=O) groups excluding carboxylic acids is 1. The van der Waals surface area contributed by atoms with E-state index in [0.29, 0.717) is 12.8 Å². The zero-order valence-electron chi connectivity index (χ0n) is 26.4. The number of esters is 1. The number of carbonyl (C=O) groups is 2. The Morgan fingerprint density at radius 2 is 1.02 bits per heavy atom. The van der Waals surface area contributed by atoms with E-state index >= 15 is 0 Å². The molecule has 4 nitrogen and oxygen atoms in total. The summed E-state index contributed by atoms with van der Waals surface area (Å²) in [6.07, 6.45) is 40.3. The third kappa shape index (κ3) is 30.7. The molecule has 0 aromatic heterocycles. The molecule has 0 radical (unpaired) electrons. The monoisotopic (exact) mass is 560 g/mol. The predicted molar refractivity (Wildman–Crippen MR) is 172 cm³/mol. The van der Waals surface area contributed by atoms with Crippen LogP contribution in [0.3, 0.4) is 0 Å². The first-order chi connectivity index (χ1) is 19.6. The molecule has 0 heterocycles. The fourth-order valence-electron chi connectivity index (χ4n) is 4.88. The van der Waals surface area contributed by atoms with E-state index in [1.807, 2.05) is 6.08 Å². The molecule has 1 unspecified atom stereocenters. The lowest BCUT2D eigenvalue weighted by molar-refractivity contribution is -0.147. The number of aliphatic carboxylic acids is 1. The standard InChI is InChI=1S/C36H64O4/c1-3-5-7-9-11-13-14-15-16-17-18-19-21-23-29-33-36(39)40-34(31-27-24-25-28-32-35(37)38)30-26-22-20-12-10-8-6-4-2/h6,8,12,20,26,30,34H,3-5,7,9-11,13-19,21-25,27-29,31-33H2,1-2H3,(H,37,38)/b8-6-,20-12-,30-26-. The number of hydrogen-bond acceptors (Lipinski definition) is 3. The Labute approximate surface area is 248 Å². The third-order valence-corrected chi connectivity index (χ3v) is 7.36. The number of rotatable bonds is 30. The number of hydrogen-bond donors (Lipinski definition) is 1. The van der Waals surface area contributed by atoms with E-state index in [1.165, 1.54) is 83.5 Å². The smallest absolute Gasteiger partial charge is 0.306 e. The molecule has 0 aromatic carbocycles. The van der Waals surface area contributed by atoms with Crippen molar-refractivity contribution in [1.82, 2.24) is 0 Å². The van der Waals surface area contributed by atoms with Crippen LogP contribution in [0.1, 0.15) is 174 Å². The molecule has 4 heteroatoms. The topological polar surface area (TPSA) is 63.6 Å². The minimum Gasteiger partial charge on any atom is -0.481 e. The molecule has 0 saturated carbocycles. The molecule has 40 heavy (non-hydrogen) atoms. The lowest BCUT2D eigenvalue weighted by Gasteiger charge is -2.14. The quantitative estimate of drug-likeness (QED) is 0.0539. The van der Waals surface area contributed by atoms with E-state index in [-0.39, 0.29) is 18.5 Å². The number of unbranched alkanes of at least 4 members (excludes halogenated alkanes) is 17. The van der Waals surface area contributed by atoms with Crippen molar-refractivity contribution in [3.05, 3.63) is 36.5 Å². The maximum absolute atomic E-state index is 12.5. The average molecular weight is 561 g/mol. The van der Waals surface area contributed by atoms with Crippen LogP contribution in [0.2, 0.25) is 0 Å². The van der Waals surface area contributed by atoms with Gasteiger partial charge in [0.1, 0.15) is 6.10 Å². The zero-order chi connectivity index (χ0) is 29.4. The highest BCUT2D eigenvalue weighted by Crippen LogP contribution is 2.15. The molecule has 0 aliphatic carbocycles. The summed E-state index contributed by atoms with van der Waals surface area (Å²) in [6, 6.07) is 0. The normalized spacial score (nSPS) is 12.7. The Balaban J connectivity index is 4.03.